The third-order valence-corrected chi connectivity index (χ3v) is 2.59. The smallest absolute Gasteiger partial charge is 0.301 e. The maximum absolute atomic E-state index is 12.2. The molecule has 0 aromatic rings. The molecule has 1 aliphatic rings. The Kier molecular flexibility index (Phi) is 4.16. The second-order valence-corrected chi connectivity index (χ2v) is 3.75. The van der Waals surface area contributed by atoms with Crippen LogP contribution in [-0.2, 0) is 0 Å². The van der Waals surface area contributed by atoms with Crippen molar-refractivity contribution in [2.75, 3.05) is 6.67 Å². The van der Waals surface area contributed by atoms with E-state index in [-0.39, 0.29) is 6.04 Å². The minimum atomic E-state index is -4.47. The predicted molar refractivity (Wildman–Crippen MR) is 45.8 cm³/mol. The Morgan fingerprint density at radius 1 is 1.14 bits per heavy atom. The Bertz CT molecular complexity index is 163. The molecule has 1 rings (SSSR count). The van der Waals surface area contributed by atoms with Gasteiger partial charge in [-0.1, -0.05) is 19.3 Å². The summed E-state index contributed by atoms with van der Waals surface area (Å²) in [6, 6.07) is -2.14. The highest BCUT2D eigenvalue weighted by molar-refractivity contribution is 4.81. The molecule has 14 heavy (non-hydrogen) atoms. The van der Waals surface area contributed by atoms with Crippen LogP contribution in [0.2, 0.25) is 0 Å². The summed E-state index contributed by atoms with van der Waals surface area (Å²) in [4.78, 5) is 0. The fraction of sp³-hybridized carbons (Fsp3) is 1.00. The van der Waals surface area contributed by atoms with E-state index in [1.165, 1.54) is 0 Å². The first-order chi connectivity index (χ1) is 6.54. The van der Waals surface area contributed by atoms with Crippen LogP contribution in [0.4, 0.5) is 17.6 Å². The molecule has 0 saturated heterocycles. The van der Waals surface area contributed by atoms with Crippen LogP contribution < -0.4 is 5.32 Å². The molecule has 0 aromatic heterocycles. The molecule has 1 saturated carbocycles. The van der Waals surface area contributed by atoms with E-state index in [0.29, 0.717) is 0 Å². The first kappa shape index (κ1) is 11.8. The minimum Gasteiger partial charge on any atom is -0.301 e. The number of halogens is 4. The number of alkyl halides is 4. The van der Waals surface area contributed by atoms with Gasteiger partial charge in [-0.2, -0.15) is 13.2 Å². The number of nitrogens with one attached hydrogen (secondary N) is 1. The molecule has 1 N–H and O–H groups in total. The standard InChI is InChI=1S/C9H15F4N/c10-6-8(9(11,12)13)14-7-4-2-1-3-5-7/h7-8,14H,1-6H2. The van der Waals surface area contributed by atoms with E-state index in [1.54, 1.807) is 0 Å². The van der Waals surface area contributed by atoms with Crippen LogP contribution in [0.5, 0.6) is 0 Å². The van der Waals surface area contributed by atoms with Gasteiger partial charge in [0.05, 0.1) is 0 Å². The maximum Gasteiger partial charge on any atom is 0.406 e. The van der Waals surface area contributed by atoms with Gasteiger partial charge in [-0.05, 0) is 12.8 Å². The molecule has 0 amide bonds. The molecule has 1 nitrogen and oxygen atoms in total. The van der Waals surface area contributed by atoms with E-state index in [9.17, 15) is 17.6 Å². The van der Waals surface area contributed by atoms with Crippen molar-refractivity contribution >= 4 is 0 Å². The Hall–Kier alpha value is -0.320. The lowest BCUT2D eigenvalue weighted by molar-refractivity contribution is -0.161. The molecule has 1 atom stereocenters. The zero-order valence-corrected chi connectivity index (χ0v) is 7.91. The van der Waals surface area contributed by atoms with Crippen LogP contribution in [0.15, 0.2) is 0 Å². The number of hydrogen-bond acceptors (Lipinski definition) is 1. The van der Waals surface area contributed by atoms with Crippen molar-refractivity contribution in [3.8, 4) is 0 Å². The van der Waals surface area contributed by atoms with Crippen molar-refractivity contribution in [2.45, 2.75) is 50.4 Å². The van der Waals surface area contributed by atoms with Gasteiger partial charge in [-0.3, -0.25) is 0 Å². The quantitative estimate of drug-likeness (QED) is 0.711. The Morgan fingerprint density at radius 3 is 2.14 bits per heavy atom. The van der Waals surface area contributed by atoms with E-state index in [2.05, 4.69) is 5.32 Å². The summed E-state index contributed by atoms with van der Waals surface area (Å²) in [6.07, 6.45) is -0.0566. The molecule has 1 aliphatic carbocycles. The average Bonchev–Trinajstić information content (AvgIpc) is 2.14. The normalized spacial score (nSPS) is 22.3. The SMILES string of the molecule is FCC(NC1CCCCC1)C(F)(F)F. The molecule has 0 aromatic carbocycles. The second-order valence-electron chi connectivity index (χ2n) is 3.75. The van der Waals surface area contributed by atoms with Crippen molar-refractivity contribution < 1.29 is 17.6 Å². The van der Waals surface area contributed by atoms with E-state index in [0.717, 1.165) is 32.1 Å². The van der Waals surface area contributed by atoms with E-state index in [4.69, 9.17) is 0 Å². The third kappa shape index (κ3) is 3.44. The lowest BCUT2D eigenvalue weighted by Crippen LogP contribution is -2.49. The fourth-order valence-corrected chi connectivity index (χ4v) is 1.78. The average molecular weight is 213 g/mol. The van der Waals surface area contributed by atoms with Gasteiger partial charge in [0.2, 0.25) is 0 Å². The molecular formula is C9H15F4N. The number of hydrogen-bond donors (Lipinski definition) is 1. The Labute approximate surface area is 80.9 Å². The second kappa shape index (κ2) is 4.96. The largest absolute Gasteiger partial charge is 0.406 e. The molecule has 5 heteroatoms. The van der Waals surface area contributed by atoms with Crippen molar-refractivity contribution in [1.29, 1.82) is 0 Å². The maximum atomic E-state index is 12.2. The molecule has 0 bridgehead atoms. The molecule has 1 fully saturated rings. The lowest BCUT2D eigenvalue weighted by atomic mass is 9.95. The van der Waals surface area contributed by atoms with Gasteiger partial charge in [0.15, 0.2) is 0 Å². The van der Waals surface area contributed by atoms with Crippen LogP contribution >= 0.6 is 0 Å². The van der Waals surface area contributed by atoms with Gasteiger partial charge in [0.25, 0.3) is 0 Å². The zero-order chi connectivity index (χ0) is 10.6. The monoisotopic (exact) mass is 213 g/mol. The van der Waals surface area contributed by atoms with Crippen LogP contribution in [-0.4, -0.2) is 24.9 Å². The molecule has 1 unspecified atom stereocenters. The van der Waals surface area contributed by atoms with Crippen molar-refractivity contribution in [3.05, 3.63) is 0 Å². The topological polar surface area (TPSA) is 12.0 Å². The van der Waals surface area contributed by atoms with Gasteiger partial charge in [-0.25, -0.2) is 4.39 Å². The third-order valence-electron chi connectivity index (χ3n) is 2.59. The highest BCUT2D eigenvalue weighted by Gasteiger charge is 2.40. The minimum absolute atomic E-state index is 0.161. The van der Waals surface area contributed by atoms with Crippen molar-refractivity contribution in [2.24, 2.45) is 0 Å². The van der Waals surface area contributed by atoms with Gasteiger partial charge in [0.1, 0.15) is 12.7 Å². The van der Waals surface area contributed by atoms with Crippen LogP contribution in [0.25, 0.3) is 0 Å². The molecule has 0 heterocycles. The highest BCUT2D eigenvalue weighted by Crippen LogP contribution is 2.24. The van der Waals surface area contributed by atoms with E-state index < -0.39 is 18.9 Å². The van der Waals surface area contributed by atoms with E-state index in [1.807, 2.05) is 0 Å². The van der Waals surface area contributed by atoms with Crippen molar-refractivity contribution in [1.82, 2.24) is 5.32 Å². The summed E-state index contributed by atoms with van der Waals surface area (Å²) in [7, 11) is 0. The van der Waals surface area contributed by atoms with Crippen molar-refractivity contribution in [3.63, 3.8) is 0 Å². The number of rotatable bonds is 3. The summed E-state index contributed by atoms with van der Waals surface area (Å²) in [6.45, 7) is -1.38. The van der Waals surface area contributed by atoms with E-state index >= 15 is 0 Å². The fourth-order valence-electron chi connectivity index (χ4n) is 1.78. The van der Waals surface area contributed by atoms with Gasteiger partial charge < -0.3 is 5.32 Å². The predicted octanol–water partition coefficient (Wildman–Crippen LogP) is 2.81. The molecule has 0 spiro atoms. The Morgan fingerprint density at radius 2 is 1.71 bits per heavy atom. The summed E-state index contributed by atoms with van der Waals surface area (Å²) < 4.78 is 48.6. The zero-order valence-electron chi connectivity index (χ0n) is 7.91. The lowest BCUT2D eigenvalue weighted by Gasteiger charge is -2.28. The van der Waals surface area contributed by atoms with Gasteiger partial charge in [0, 0.05) is 6.04 Å². The molecule has 0 radical (unpaired) electrons. The summed E-state index contributed by atoms with van der Waals surface area (Å²) >= 11 is 0. The first-order valence-electron chi connectivity index (χ1n) is 4.92. The van der Waals surface area contributed by atoms with Gasteiger partial charge >= 0.3 is 6.18 Å². The molecular weight excluding hydrogens is 198 g/mol. The summed E-state index contributed by atoms with van der Waals surface area (Å²) in [5.74, 6) is 0. The summed E-state index contributed by atoms with van der Waals surface area (Å²) in [5, 5.41) is 2.35. The first-order valence-corrected chi connectivity index (χ1v) is 4.92. The van der Waals surface area contributed by atoms with Gasteiger partial charge in [-0.15, -0.1) is 0 Å². The molecule has 0 aliphatic heterocycles. The Balaban J connectivity index is 2.39. The molecule has 84 valence electrons. The summed E-state index contributed by atoms with van der Waals surface area (Å²) in [5.41, 5.74) is 0. The van der Waals surface area contributed by atoms with Crippen LogP contribution in [0.3, 0.4) is 0 Å². The highest BCUT2D eigenvalue weighted by atomic mass is 19.4. The van der Waals surface area contributed by atoms with Crippen LogP contribution in [0, 0.1) is 0 Å². The van der Waals surface area contributed by atoms with Crippen LogP contribution in [0.1, 0.15) is 32.1 Å².